The molecule has 1 amide bonds. The second-order valence-electron chi connectivity index (χ2n) is 2.91. The third-order valence-electron chi connectivity index (χ3n) is 1.96. The summed E-state index contributed by atoms with van der Waals surface area (Å²) >= 11 is 5.85. The van der Waals surface area contributed by atoms with Gasteiger partial charge in [-0.2, -0.15) is 10.2 Å². The highest BCUT2D eigenvalue weighted by atomic mass is 35.5. The molecule has 1 fully saturated rings. The third-order valence-corrected chi connectivity index (χ3v) is 2.25. The Morgan fingerprint density at radius 1 is 1.54 bits per heavy atom. The highest BCUT2D eigenvalue weighted by molar-refractivity contribution is 6.24. The Morgan fingerprint density at radius 2 is 2.38 bits per heavy atom. The number of nitrogens with zero attached hydrogens (tertiary/aromatic N) is 3. The second-order valence-corrected chi connectivity index (χ2v) is 3.52. The summed E-state index contributed by atoms with van der Waals surface area (Å²) in [6.45, 7) is 0.562. The molecule has 2 heterocycles. The van der Waals surface area contributed by atoms with Gasteiger partial charge in [0.2, 0.25) is 5.91 Å². The van der Waals surface area contributed by atoms with E-state index in [1.807, 2.05) is 0 Å². The smallest absolute Gasteiger partial charge is 0.228 e. The second kappa shape index (κ2) is 3.30. The van der Waals surface area contributed by atoms with Gasteiger partial charge in [-0.25, -0.2) is 0 Å². The van der Waals surface area contributed by atoms with Crippen LogP contribution in [-0.2, 0) is 4.79 Å². The fourth-order valence-corrected chi connectivity index (χ4v) is 1.63. The molecule has 0 radical (unpaired) electrons. The van der Waals surface area contributed by atoms with Crippen molar-refractivity contribution in [3.05, 3.63) is 18.5 Å². The molecule has 1 aromatic rings. The Hall–Kier alpha value is -1.16. The number of carbonyl (C=O) groups is 1. The standard InChI is InChI=1S/C8H8ClN3O/c9-6-3-8(13)12(5-6)7-1-2-10-11-4-7/h1-2,4,6H,3,5H2. The number of carbonyl (C=O) groups excluding carboxylic acids is 1. The van der Waals surface area contributed by atoms with E-state index in [1.54, 1.807) is 23.4 Å². The van der Waals surface area contributed by atoms with E-state index in [9.17, 15) is 4.79 Å². The number of aromatic nitrogens is 2. The van der Waals surface area contributed by atoms with E-state index in [0.717, 1.165) is 5.69 Å². The van der Waals surface area contributed by atoms with Crippen LogP contribution in [0.1, 0.15) is 6.42 Å². The Labute approximate surface area is 80.5 Å². The van der Waals surface area contributed by atoms with Crippen molar-refractivity contribution in [1.29, 1.82) is 0 Å². The van der Waals surface area contributed by atoms with E-state index in [0.29, 0.717) is 13.0 Å². The molecule has 68 valence electrons. The van der Waals surface area contributed by atoms with Crippen LogP contribution in [0.15, 0.2) is 18.5 Å². The molecule has 5 heteroatoms. The van der Waals surface area contributed by atoms with Crippen molar-refractivity contribution in [2.45, 2.75) is 11.8 Å². The lowest BCUT2D eigenvalue weighted by molar-refractivity contribution is -0.117. The Bertz CT molecular complexity index is 316. The molecule has 1 atom stereocenters. The highest BCUT2D eigenvalue weighted by Gasteiger charge is 2.28. The lowest BCUT2D eigenvalue weighted by Crippen LogP contribution is -2.24. The fraction of sp³-hybridized carbons (Fsp3) is 0.375. The van der Waals surface area contributed by atoms with Gasteiger partial charge in [-0.1, -0.05) is 0 Å². The average molecular weight is 198 g/mol. The third kappa shape index (κ3) is 1.62. The van der Waals surface area contributed by atoms with Gasteiger partial charge < -0.3 is 4.90 Å². The zero-order valence-corrected chi connectivity index (χ0v) is 7.61. The first-order chi connectivity index (χ1) is 6.27. The fourth-order valence-electron chi connectivity index (χ4n) is 1.36. The molecule has 0 aromatic carbocycles. The van der Waals surface area contributed by atoms with Crippen molar-refractivity contribution in [2.75, 3.05) is 11.4 Å². The molecule has 1 unspecified atom stereocenters. The van der Waals surface area contributed by atoms with Gasteiger partial charge in [0.25, 0.3) is 0 Å². The maximum absolute atomic E-state index is 11.4. The monoisotopic (exact) mass is 197 g/mol. The molecule has 0 aliphatic carbocycles. The molecule has 0 spiro atoms. The molecular weight excluding hydrogens is 190 g/mol. The van der Waals surface area contributed by atoms with Crippen molar-refractivity contribution in [2.24, 2.45) is 0 Å². The lowest BCUT2D eigenvalue weighted by atomic mass is 10.4. The van der Waals surface area contributed by atoms with Crippen LogP contribution in [0.5, 0.6) is 0 Å². The lowest BCUT2D eigenvalue weighted by Gasteiger charge is -2.13. The van der Waals surface area contributed by atoms with Crippen molar-refractivity contribution < 1.29 is 4.79 Å². The summed E-state index contributed by atoms with van der Waals surface area (Å²) in [5.74, 6) is 0.0491. The van der Waals surface area contributed by atoms with Gasteiger partial charge in [0.15, 0.2) is 0 Å². The summed E-state index contributed by atoms with van der Waals surface area (Å²) in [7, 11) is 0. The molecule has 0 N–H and O–H groups in total. The number of alkyl halides is 1. The number of hydrogen-bond acceptors (Lipinski definition) is 3. The van der Waals surface area contributed by atoms with Crippen molar-refractivity contribution in [1.82, 2.24) is 10.2 Å². The summed E-state index contributed by atoms with van der Waals surface area (Å²) in [6, 6.07) is 1.75. The molecule has 1 saturated heterocycles. The van der Waals surface area contributed by atoms with Gasteiger partial charge in [-0.05, 0) is 6.07 Å². The van der Waals surface area contributed by atoms with Gasteiger partial charge in [0, 0.05) is 13.0 Å². The SMILES string of the molecule is O=C1CC(Cl)CN1c1ccnnc1. The van der Waals surface area contributed by atoms with E-state index >= 15 is 0 Å². The van der Waals surface area contributed by atoms with Crippen LogP contribution in [0.3, 0.4) is 0 Å². The summed E-state index contributed by atoms with van der Waals surface area (Å²) in [4.78, 5) is 13.0. The number of halogens is 1. The zero-order chi connectivity index (χ0) is 9.26. The largest absolute Gasteiger partial charge is 0.309 e. The molecule has 4 nitrogen and oxygen atoms in total. The van der Waals surface area contributed by atoms with Crippen molar-refractivity contribution >= 4 is 23.2 Å². The number of anilines is 1. The molecule has 1 aliphatic heterocycles. The Balaban J connectivity index is 2.23. The van der Waals surface area contributed by atoms with E-state index < -0.39 is 0 Å². The quantitative estimate of drug-likeness (QED) is 0.627. The number of amides is 1. The molecule has 1 aliphatic rings. The normalized spacial score (nSPS) is 22.4. The molecule has 0 saturated carbocycles. The van der Waals surface area contributed by atoms with Gasteiger partial charge in [0.05, 0.1) is 23.5 Å². The first-order valence-corrected chi connectivity index (χ1v) is 4.42. The molecule has 1 aromatic heterocycles. The predicted octanol–water partition coefficient (Wildman–Crippen LogP) is 0.821. The van der Waals surface area contributed by atoms with Crippen LogP contribution in [0, 0.1) is 0 Å². The topological polar surface area (TPSA) is 46.1 Å². The molecular formula is C8H8ClN3O. The van der Waals surface area contributed by atoms with Crippen LogP contribution in [0.2, 0.25) is 0 Å². The van der Waals surface area contributed by atoms with Crippen molar-refractivity contribution in [3.63, 3.8) is 0 Å². The first-order valence-electron chi connectivity index (χ1n) is 3.98. The van der Waals surface area contributed by atoms with Crippen LogP contribution in [0.4, 0.5) is 5.69 Å². The van der Waals surface area contributed by atoms with Crippen LogP contribution in [0.25, 0.3) is 0 Å². The van der Waals surface area contributed by atoms with E-state index in [-0.39, 0.29) is 11.3 Å². The molecule has 2 rings (SSSR count). The first kappa shape index (κ1) is 8.44. The predicted molar refractivity (Wildman–Crippen MR) is 48.6 cm³/mol. The molecule has 0 bridgehead atoms. The van der Waals surface area contributed by atoms with Crippen LogP contribution >= 0.6 is 11.6 Å². The maximum Gasteiger partial charge on any atom is 0.228 e. The molecule has 13 heavy (non-hydrogen) atoms. The summed E-state index contributed by atoms with van der Waals surface area (Å²) < 4.78 is 0. The van der Waals surface area contributed by atoms with Crippen LogP contribution < -0.4 is 4.90 Å². The average Bonchev–Trinajstić information content (AvgIpc) is 2.47. The van der Waals surface area contributed by atoms with E-state index in [4.69, 9.17) is 11.6 Å². The highest BCUT2D eigenvalue weighted by Crippen LogP contribution is 2.22. The number of hydrogen-bond donors (Lipinski definition) is 0. The van der Waals surface area contributed by atoms with Crippen molar-refractivity contribution in [3.8, 4) is 0 Å². The van der Waals surface area contributed by atoms with Crippen LogP contribution in [-0.4, -0.2) is 28.0 Å². The maximum atomic E-state index is 11.4. The Morgan fingerprint density at radius 3 is 2.92 bits per heavy atom. The summed E-state index contributed by atoms with van der Waals surface area (Å²) in [5.41, 5.74) is 0.767. The van der Waals surface area contributed by atoms with Gasteiger partial charge in [0.1, 0.15) is 0 Å². The van der Waals surface area contributed by atoms with Gasteiger partial charge >= 0.3 is 0 Å². The minimum Gasteiger partial charge on any atom is -0.309 e. The summed E-state index contributed by atoms with van der Waals surface area (Å²) in [5, 5.41) is 7.26. The van der Waals surface area contributed by atoms with E-state index in [1.165, 1.54) is 0 Å². The zero-order valence-electron chi connectivity index (χ0n) is 6.85. The number of rotatable bonds is 1. The van der Waals surface area contributed by atoms with E-state index in [2.05, 4.69) is 10.2 Å². The summed E-state index contributed by atoms with van der Waals surface area (Å²) in [6.07, 6.45) is 3.53. The Kier molecular flexibility index (Phi) is 2.14. The van der Waals surface area contributed by atoms with Gasteiger partial charge in [-0.3, -0.25) is 4.79 Å². The minimum atomic E-state index is -0.0827. The minimum absolute atomic E-state index is 0.0491. The van der Waals surface area contributed by atoms with Gasteiger partial charge in [-0.15, -0.1) is 11.6 Å².